The topological polar surface area (TPSA) is 38.7 Å². The van der Waals surface area contributed by atoms with Gasteiger partial charge in [-0.1, -0.05) is 12.1 Å². The van der Waals surface area contributed by atoms with E-state index in [1.165, 1.54) is 0 Å². The second-order valence-electron chi connectivity index (χ2n) is 4.43. The third kappa shape index (κ3) is 2.15. The van der Waals surface area contributed by atoms with E-state index in [9.17, 15) is 4.79 Å². The first kappa shape index (κ1) is 10.9. The maximum absolute atomic E-state index is 10.4. The highest BCUT2D eigenvalue weighted by Crippen LogP contribution is 2.49. The van der Waals surface area contributed by atoms with Crippen LogP contribution in [0.2, 0.25) is 0 Å². The second-order valence-corrected chi connectivity index (χ2v) is 4.43. The van der Waals surface area contributed by atoms with Crippen molar-refractivity contribution < 1.29 is 9.53 Å². The van der Waals surface area contributed by atoms with Crippen molar-refractivity contribution in [3.05, 3.63) is 29.8 Å². The van der Waals surface area contributed by atoms with Gasteiger partial charge in [-0.15, -0.1) is 0 Å². The first-order valence-electron chi connectivity index (χ1n) is 5.52. The molecule has 84 valence electrons. The molecule has 0 atom stereocenters. The van der Waals surface area contributed by atoms with Gasteiger partial charge in [0.05, 0.1) is 11.6 Å². The van der Waals surface area contributed by atoms with Crippen LogP contribution in [0, 0.1) is 0 Å². The molecular weight excluding hydrogens is 202 g/mol. The van der Waals surface area contributed by atoms with E-state index in [-0.39, 0.29) is 11.6 Å². The summed E-state index contributed by atoms with van der Waals surface area (Å²) in [4.78, 5) is 14.3. The van der Waals surface area contributed by atoms with Gasteiger partial charge in [-0.25, -0.2) is 4.79 Å². The van der Waals surface area contributed by atoms with E-state index in [0.29, 0.717) is 0 Å². The molecule has 0 N–H and O–H groups in total. The molecule has 0 spiro atoms. The van der Waals surface area contributed by atoms with Crippen LogP contribution in [0.3, 0.4) is 0 Å². The molecule has 16 heavy (non-hydrogen) atoms. The highest BCUT2D eigenvalue weighted by atomic mass is 16.5. The maximum Gasteiger partial charge on any atom is 0.235 e. The van der Waals surface area contributed by atoms with Crippen LogP contribution in [0.1, 0.15) is 32.3 Å². The molecule has 0 bridgehead atoms. The number of ether oxygens (including phenoxy) is 1. The van der Waals surface area contributed by atoms with Crippen LogP contribution < -0.4 is 4.74 Å². The van der Waals surface area contributed by atoms with Gasteiger partial charge >= 0.3 is 0 Å². The third-order valence-electron chi connectivity index (χ3n) is 2.73. The largest absolute Gasteiger partial charge is 0.491 e. The van der Waals surface area contributed by atoms with E-state index < -0.39 is 0 Å². The summed E-state index contributed by atoms with van der Waals surface area (Å²) in [6, 6.07) is 7.81. The number of isocyanates is 1. The number of nitrogens with zero attached hydrogens (tertiary/aromatic N) is 1. The summed E-state index contributed by atoms with van der Waals surface area (Å²) in [7, 11) is 0. The van der Waals surface area contributed by atoms with Gasteiger partial charge in [-0.2, -0.15) is 4.99 Å². The van der Waals surface area contributed by atoms with Crippen molar-refractivity contribution >= 4 is 6.08 Å². The number of rotatable bonds is 4. The average Bonchev–Trinajstić information content (AvgIpc) is 2.99. The van der Waals surface area contributed by atoms with Crippen LogP contribution in [0.25, 0.3) is 0 Å². The van der Waals surface area contributed by atoms with Gasteiger partial charge in [0.1, 0.15) is 5.75 Å². The van der Waals surface area contributed by atoms with Gasteiger partial charge in [-0.05, 0) is 44.4 Å². The Labute approximate surface area is 95.2 Å². The van der Waals surface area contributed by atoms with Crippen LogP contribution in [0.5, 0.6) is 5.75 Å². The van der Waals surface area contributed by atoms with Crippen LogP contribution in [0.4, 0.5) is 0 Å². The van der Waals surface area contributed by atoms with Crippen molar-refractivity contribution in [2.45, 2.75) is 38.3 Å². The maximum atomic E-state index is 10.4. The molecule has 0 aliphatic heterocycles. The molecule has 3 heteroatoms. The summed E-state index contributed by atoms with van der Waals surface area (Å²) in [5.74, 6) is 0.833. The highest BCUT2D eigenvalue weighted by Gasteiger charge is 2.44. The van der Waals surface area contributed by atoms with Crippen LogP contribution in [0.15, 0.2) is 29.3 Å². The zero-order valence-corrected chi connectivity index (χ0v) is 9.56. The lowest BCUT2D eigenvalue weighted by atomic mass is 10.1. The Morgan fingerprint density at radius 2 is 2.19 bits per heavy atom. The van der Waals surface area contributed by atoms with Gasteiger partial charge in [0.2, 0.25) is 6.08 Å². The first-order valence-corrected chi connectivity index (χ1v) is 5.52. The van der Waals surface area contributed by atoms with Gasteiger partial charge in [0.25, 0.3) is 0 Å². The Kier molecular flexibility index (Phi) is 2.80. The Bertz CT molecular complexity index is 429. The Morgan fingerprint density at radius 1 is 1.44 bits per heavy atom. The summed E-state index contributed by atoms with van der Waals surface area (Å²) in [6.45, 7) is 3.98. The standard InChI is InChI=1S/C13H15NO2/c1-10(2)16-12-5-3-4-11(8-12)13(6-7-13)14-9-15/h3-5,8,10H,6-7H2,1-2H3. The fourth-order valence-electron chi connectivity index (χ4n) is 1.80. The zero-order valence-electron chi connectivity index (χ0n) is 9.56. The predicted molar refractivity (Wildman–Crippen MR) is 61.2 cm³/mol. The van der Waals surface area contributed by atoms with Crippen molar-refractivity contribution in [2.24, 2.45) is 4.99 Å². The fraction of sp³-hybridized carbons (Fsp3) is 0.462. The van der Waals surface area contributed by atoms with Crippen molar-refractivity contribution in [3.63, 3.8) is 0 Å². The van der Waals surface area contributed by atoms with Crippen LogP contribution >= 0.6 is 0 Å². The second kappa shape index (κ2) is 4.11. The molecule has 1 aliphatic rings. The Hall–Kier alpha value is -1.60. The predicted octanol–water partition coefficient (Wildman–Crippen LogP) is 2.80. The highest BCUT2D eigenvalue weighted by molar-refractivity contribution is 5.43. The molecule has 1 saturated carbocycles. The molecule has 3 nitrogen and oxygen atoms in total. The molecule has 0 saturated heterocycles. The average molecular weight is 217 g/mol. The molecule has 1 aromatic rings. The van der Waals surface area contributed by atoms with E-state index in [4.69, 9.17) is 4.74 Å². The summed E-state index contributed by atoms with van der Waals surface area (Å²) in [5, 5.41) is 0. The molecule has 0 heterocycles. The quantitative estimate of drug-likeness (QED) is 0.574. The van der Waals surface area contributed by atoms with Crippen molar-refractivity contribution in [1.29, 1.82) is 0 Å². The summed E-state index contributed by atoms with van der Waals surface area (Å²) >= 11 is 0. The minimum Gasteiger partial charge on any atom is -0.491 e. The summed E-state index contributed by atoms with van der Waals surface area (Å²) in [6.07, 6.45) is 3.66. The molecular formula is C13H15NO2. The van der Waals surface area contributed by atoms with Crippen LogP contribution in [-0.2, 0) is 10.3 Å². The number of carbonyl (C=O) groups excluding carboxylic acids is 1. The molecule has 0 unspecified atom stereocenters. The Balaban J connectivity index is 2.26. The van der Waals surface area contributed by atoms with Crippen LogP contribution in [-0.4, -0.2) is 12.2 Å². The SMILES string of the molecule is CC(C)Oc1cccc(C2(N=C=O)CC2)c1. The molecule has 0 radical (unpaired) electrons. The number of benzene rings is 1. The van der Waals surface area contributed by atoms with Gasteiger partial charge in [-0.3, -0.25) is 0 Å². The molecule has 0 aromatic heterocycles. The van der Waals surface area contributed by atoms with E-state index >= 15 is 0 Å². The number of hydrogen-bond donors (Lipinski definition) is 0. The van der Waals surface area contributed by atoms with Gasteiger partial charge in [0, 0.05) is 0 Å². The number of aliphatic imine (C=N–C) groups is 1. The van der Waals surface area contributed by atoms with Gasteiger partial charge < -0.3 is 4.74 Å². The minimum atomic E-state index is -0.307. The smallest absolute Gasteiger partial charge is 0.235 e. The lowest BCUT2D eigenvalue weighted by molar-refractivity contribution is 0.242. The van der Waals surface area contributed by atoms with Gasteiger partial charge in [0.15, 0.2) is 0 Å². The molecule has 0 amide bonds. The minimum absolute atomic E-state index is 0.153. The fourth-order valence-corrected chi connectivity index (χ4v) is 1.80. The molecule has 1 aromatic carbocycles. The van der Waals surface area contributed by atoms with E-state index in [0.717, 1.165) is 24.2 Å². The monoisotopic (exact) mass is 217 g/mol. The lowest BCUT2D eigenvalue weighted by Crippen LogP contribution is -2.07. The van der Waals surface area contributed by atoms with Crippen molar-refractivity contribution in [3.8, 4) is 5.75 Å². The molecule has 2 rings (SSSR count). The first-order chi connectivity index (χ1) is 7.66. The third-order valence-corrected chi connectivity index (χ3v) is 2.73. The summed E-state index contributed by atoms with van der Waals surface area (Å²) < 4.78 is 5.62. The zero-order chi connectivity index (χ0) is 11.6. The van der Waals surface area contributed by atoms with E-state index in [1.54, 1.807) is 6.08 Å². The van der Waals surface area contributed by atoms with E-state index in [2.05, 4.69) is 4.99 Å². The van der Waals surface area contributed by atoms with Crippen molar-refractivity contribution in [2.75, 3.05) is 0 Å². The Morgan fingerprint density at radius 3 is 2.75 bits per heavy atom. The summed E-state index contributed by atoms with van der Waals surface area (Å²) in [5.41, 5.74) is 0.743. The molecule has 1 aliphatic carbocycles. The number of hydrogen-bond acceptors (Lipinski definition) is 3. The lowest BCUT2D eigenvalue weighted by Gasteiger charge is -2.13. The normalized spacial score (nSPS) is 16.7. The van der Waals surface area contributed by atoms with Crippen molar-refractivity contribution in [1.82, 2.24) is 0 Å². The molecule has 1 fully saturated rings. The van der Waals surface area contributed by atoms with E-state index in [1.807, 2.05) is 38.1 Å².